The molecule has 1 aromatic carbocycles. The number of hydrogen-bond acceptors (Lipinski definition) is 5. The highest BCUT2D eigenvalue weighted by Gasteiger charge is 2.31. The molecular formula is C13H14F3N3OS. The van der Waals surface area contributed by atoms with Gasteiger partial charge in [-0.15, -0.1) is 23.4 Å². The number of anilines is 1. The Bertz CT molecular complexity index is 586. The van der Waals surface area contributed by atoms with E-state index in [-0.39, 0.29) is 12.3 Å². The first-order valence-corrected chi connectivity index (χ1v) is 7.19. The number of aryl methyl sites for hydroxylation is 1. The van der Waals surface area contributed by atoms with Gasteiger partial charge in [-0.25, -0.2) is 0 Å². The van der Waals surface area contributed by atoms with Crippen LogP contribution < -0.4 is 10.1 Å². The van der Waals surface area contributed by atoms with Crippen LogP contribution in [-0.4, -0.2) is 16.6 Å². The topological polar surface area (TPSA) is 47.0 Å². The summed E-state index contributed by atoms with van der Waals surface area (Å²) >= 11 is 1.40. The molecule has 114 valence electrons. The van der Waals surface area contributed by atoms with Crippen molar-refractivity contribution in [3.63, 3.8) is 0 Å². The maximum absolute atomic E-state index is 12.3. The molecule has 21 heavy (non-hydrogen) atoms. The van der Waals surface area contributed by atoms with Gasteiger partial charge in [-0.1, -0.05) is 36.5 Å². The molecule has 0 atom stereocenters. The summed E-state index contributed by atoms with van der Waals surface area (Å²) in [4.78, 5) is 0. The molecule has 0 fully saturated rings. The first-order valence-electron chi connectivity index (χ1n) is 6.38. The van der Waals surface area contributed by atoms with Gasteiger partial charge in [-0.3, -0.25) is 0 Å². The average Bonchev–Trinajstić information content (AvgIpc) is 2.84. The minimum atomic E-state index is -4.70. The summed E-state index contributed by atoms with van der Waals surface area (Å²) in [5.41, 5.74) is 0.405. The standard InChI is InChI=1S/C13H14F3N3OS/c1-2-5-11-18-19-12(21-11)17-8-9-6-3-4-7-10(9)20-13(14,15)16/h3-4,6-7H,2,5,8H2,1H3,(H,17,19). The van der Waals surface area contributed by atoms with E-state index in [9.17, 15) is 13.2 Å². The quantitative estimate of drug-likeness (QED) is 0.875. The maximum Gasteiger partial charge on any atom is 0.573 e. The van der Waals surface area contributed by atoms with Gasteiger partial charge in [0.05, 0.1) is 0 Å². The Morgan fingerprint density at radius 1 is 1.24 bits per heavy atom. The highest BCUT2D eigenvalue weighted by molar-refractivity contribution is 7.15. The molecule has 0 spiro atoms. The van der Waals surface area contributed by atoms with E-state index >= 15 is 0 Å². The lowest BCUT2D eigenvalue weighted by Crippen LogP contribution is -2.18. The van der Waals surface area contributed by atoms with Gasteiger partial charge < -0.3 is 10.1 Å². The van der Waals surface area contributed by atoms with Crippen LogP contribution in [-0.2, 0) is 13.0 Å². The Morgan fingerprint density at radius 3 is 2.71 bits per heavy atom. The summed E-state index contributed by atoms with van der Waals surface area (Å²) < 4.78 is 40.9. The van der Waals surface area contributed by atoms with E-state index in [0.717, 1.165) is 17.8 Å². The lowest BCUT2D eigenvalue weighted by atomic mass is 10.2. The summed E-state index contributed by atoms with van der Waals surface area (Å²) in [6, 6.07) is 6.01. The van der Waals surface area contributed by atoms with Crippen molar-refractivity contribution in [3.8, 4) is 5.75 Å². The third-order valence-electron chi connectivity index (χ3n) is 2.56. The first kappa shape index (κ1) is 15.6. The second-order valence-electron chi connectivity index (χ2n) is 4.26. The van der Waals surface area contributed by atoms with Crippen molar-refractivity contribution >= 4 is 16.5 Å². The Labute approximate surface area is 124 Å². The van der Waals surface area contributed by atoms with E-state index < -0.39 is 6.36 Å². The summed E-state index contributed by atoms with van der Waals surface area (Å²) in [5.74, 6) is -0.212. The molecule has 0 aliphatic carbocycles. The van der Waals surface area contributed by atoms with Crippen molar-refractivity contribution in [2.45, 2.75) is 32.7 Å². The second-order valence-corrected chi connectivity index (χ2v) is 5.32. The molecule has 0 amide bonds. The third-order valence-corrected chi connectivity index (χ3v) is 3.50. The number of ether oxygens (including phenoxy) is 1. The Morgan fingerprint density at radius 2 is 2.00 bits per heavy atom. The van der Waals surface area contributed by atoms with Crippen LogP contribution in [0.1, 0.15) is 23.9 Å². The zero-order valence-electron chi connectivity index (χ0n) is 11.3. The smallest absolute Gasteiger partial charge is 0.405 e. The summed E-state index contributed by atoms with van der Waals surface area (Å²) in [6.07, 6.45) is -2.89. The molecule has 1 heterocycles. The molecule has 1 N–H and O–H groups in total. The molecule has 0 bridgehead atoms. The van der Waals surface area contributed by atoms with Crippen LogP contribution in [0.5, 0.6) is 5.75 Å². The van der Waals surface area contributed by atoms with Crippen molar-refractivity contribution in [1.82, 2.24) is 10.2 Å². The Hall–Kier alpha value is -1.83. The molecule has 0 saturated heterocycles. The minimum absolute atomic E-state index is 0.188. The van der Waals surface area contributed by atoms with E-state index in [1.807, 2.05) is 6.92 Å². The highest BCUT2D eigenvalue weighted by atomic mass is 32.1. The number of rotatable bonds is 6. The number of nitrogens with one attached hydrogen (secondary N) is 1. The van der Waals surface area contributed by atoms with Gasteiger partial charge in [0.2, 0.25) is 5.13 Å². The van der Waals surface area contributed by atoms with Gasteiger partial charge >= 0.3 is 6.36 Å². The van der Waals surface area contributed by atoms with Gasteiger partial charge in [-0.2, -0.15) is 0 Å². The van der Waals surface area contributed by atoms with Crippen LogP contribution >= 0.6 is 11.3 Å². The molecule has 4 nitrogen and oxygen atoms in total. The number of aromatic nitrogens is 2. The van der Waals surface area contributed by atoms with Crippen molar-refractivity contribution in [3.05, 3.63) is 34.8 Å². The molecule has 2 rings (SSSR count). The zero-order chi connectivity index (χ0) is 15.3. The zero-order valence-corrected chi connectivity index (χ0v) is 12.1. The number of alkyl halides is 3. The normalized spacial score (nSPS) is 11.4. The van der Waals surface area contributed by atoms with Gasteiger partial charge in [0.1, 0.15) is 10.8 Å². The van der Waals surface area contributed by atoms with Gasteiger partial charge in [-0.05, 0) is 12.5 Å². The van der Waals surface area contributed by atoms with Gasteiger partial charge in [0.15, 0.2) is 0 Å². The highest BCUT2D eigenvalue weighted by Crippen LogP contribution is 2.27. The number of hydrogen-bond donors (Lipinski definition) is 1. The molecule has 0 unspecified atom stereocenters. The van der Waals surface area contributed by atoms with E-state index in [1.165, 1.54) is 23.5 Å². The van der Waals surface area contributed by atoms with Crippen LogP contribution in [0.2, 0.25) is 0 Å². The minimum Gasteiger partial charge on any atom is -0.405 e. The van der Waals surface area contributed by atoms with Crippen LogP contribution in [0.3, 0.4) is 0 Å². The fourth-order valence-corrected chi connectivity index (χ4v) is 2.52. The van der Waals surface area contributed by atoms with E-state index in [4.69, 9.17) is 0 Å². The third kappa shape index (κ3) is 4.89. The number of benzene rings is 1. The predicted molar refractivity (Wildman–Crippen MR) is 74.4 cm³/mol. The molecule has 0 aliphatic heterocycles. The van der Waals surface area contributed by atoms with Crippen molar-refractivity contribution in [2.24, 2.45) is 0 Å². The fourth-order valence-electron chi connectivity index (χ4n) is 1.68. The van der Waals surface area contributed by atoms with Crippen LogP contribution in [0.4, 0.5) is 18.3 Å². The molecule has 0 saturated carbocycles. The maximum atomic E-state index is 12.3. The molecular weight excluding hydrogens is 303 g/mol. The van der Waals surface area contributed by atoms with Gasteiger partial charge in [0, 0.05) is 18.5 Å². The molecule has 0 aliphatic rings. The second kappa shape index (κ2) is 6.75. The predicted octanol–water partition coefficient (Wildman–Crippen LogP) is 4.00. The monoisotopic (exact) mass is 317 g/mol. The van der Waals surface area contributed by atoms with Crippen molar-refractivity contribution in [2.75, 3.05) is 5.32 Å². The van der Waals surface area contributed by atoms with E-state index in [1.54, 1.807) is 12.1 Å². The largest absolute Gasteiger partial charge is 0.573 e. The SMILES string of the molecule is CCCc1nnc(NCc2ccccc2OC(F)(F)F)s1. The number of para-hydroxylation sites is 1. The molecule has 0 radical (unpaired) electrons. The fraction of sp³-hybridized carbons (Fsp3) is 0.385. The van der Waals surface area contributed by atoms with Crippen LogP contribution in [0.25, 0.3) is 0 Å². The van der Waals surface area contributed by atoms with Crippen molar-refractivity contribution < 1.29 is 17.9 Å². The van der Waals surface area contributed by atoms with Crippen molar-refractivity contribution in [1.29, 1.82) is 0 Å². The van der Waals surface area contributed by atoms with Crippen LogP contribution in [0.15, 0.2) is 24.3 Å². The first-order chi connectivity index (χ1) is 9.98. The molecule has 2 aromatic rings. The summed E-state index contributed by atoms with van der Waals surface area (Å²) in [6.45, 7) is 2.23. The average molecular weight is 317 g/mol. The molecule has 8 heteroatoms. The van der Waals surface area contributed by atoms with Gasteiger partial charge in [0.25, 0.3) is 0 Å². The summed E-state index contributed by atoms with van der Waals surface area (Å²) in [7, 11) is 0. The number of halogens is 3. The number of nitrogens with zero attached hydrogens (tertiary/aromatic N) is 2. The lowest BCUT2D eigenvalue weighted by Gasteiger charge is -2.13. The van der Waals surface area contributed by atoms with Crippen LogP contribution in [0, 0.1) is 0 Å². The summed E-state index contributed by atoms with van der Waals surface area (Å²) in [5, 5.41) is 12.4. The van der Waals surface area contributed by atoms with E-state index in [2.05, 4.69) is 20.3 Å². The van der Waals surface area contributed by atoms with E-state index in [0.29, 0.717) is 10.7 Å². The molecule has 1 aromatic heterocycles. The lowest BCUT2D eigenvalue weighted by molar-refractivity contribution is -0.274. The Balaban J connectivity index is 2.02. The Kier molecular flexibility index (Phi) is 5.00.